The fourth-order valence-electron chi connectivity index (χ4n) is 4.79. The van der Waals surface area contributed by atoms with E-state index >= 15 is 0 Å². The molecule has 1 aromatic heterocycles. The Bertz CT molecular complexity index is 1270. The molecule has 0 amide bonds. The van der Waals surface area contributed by atoms with Crippen LogP contribution in [-0.2, 0) is 11.3 Å². The Morgan fingerprint density at radius 3 is 2.63 bits per heavy atom. The SMILES string of the molecule is COc1ccc(C2c3ccc(O)cc3Oc3ncn(CCCN4CCOCC4)c(=N)c32)cc1OC. The van der Waals surface area contributed by atoms with Gasteiger partial charge in [-0.05, 0) is 30.2 Å². The number of phenolic OH excluding ortho intramolecular Hbond substituents is 1. The summed E-state index contributed by atoms with van der Waals surface area (Å²) in [4.78, 5) is 6.96. The van der Waals surface area contributed by atoms with Crippen LogP contribution in [0.25, 0.3) is 0 Å². The third-order valence-corrected chi connectivity index (χ3v) is 6.61. The number of methoxy groups -OCH3 is 2. The standard InChI is InChI=1S/C26H30N4O5/c1-32-20-7-4-17(14-22(20)33-2)23-19-6-5-18(31)15-21(19)35-26-24(23)25(27)30(16-28-26)9-3-8-29-10-12-34-13-11-29/h4-7,14-16,23,27,31H,3,8-13H2,1-2H3. The Balaban J connectivity index is 1.53. The van der Waals surface area contributed by atoms with E-state index in [1.807, 2.05) is 28.8 Å². The van der Waals surface area contributed by atoms with Gasteiger partial charge in [-0.1, -0.05) is 12.1 Å². The monoisotopic (exact) mass is 478 g/mol. The molecule has 184 valence electrons. The number of nitrogens with one attached hydrogen (secondary N) is 1. The molecule has 0 radical (unpaired) electrons. The maximum atomic E-state index is 10.1. The van der Waals surface area contributed by atoms with E-state index in [0.29, 0.717) is 40.7 Å². The molecule has 35 heavy (non-hydrogen) atoms. The van der Waals surface area contributed by atoms with E-state index in [1.165, 1.54) is 0 Å². The molecule has 0 aliphatic carbocycles. The molecular weight excluding hydrogens is 448 g/mol. The molecule has 3 heterocycles. The lowest BCUT2D eigenvalue weighted by atomic mass is 9.83. The van der Waals surface area contributed by atoms with Crippen molar-refractivity contribution in [2.45, 2.75) is 18.9 Å². The molecule has 1 atom stereocenters. The molecule has 3 aromatic rings. The summed E-state index contributed by atoms with van der Waals surface area (Å²) in [7, 11) is 3.20. The number of nitrogens with zero attached hydrogens (tertiary/aromatic N) is 3. The Morgan fingerprint density at radius 1 is 1.06 bits per heavy atom. The third-order valence-electron chi connectivity index (χ3n) is 6.61. The minimum Gasteiger partial charge on any atom is -0.508 e. The highest BCUT2D eigenvalue weighted by Gasteiger charge is 2.33. The van der Waals surface area contributed by atoms with E-state index in [0.717, 1.165) is 50.4 Å². The van der Waals surface area contributed by atoms with Gasteiger partial charge < -0.3 is 28.6 Å². The molecular formula is C26H30N4O5. The Hall–Kier alpha value is -3.56. The van der Waals surface area contributed by atoms with Crippen LogP contribution in [0.2, 0.25) is 0 Å². The molecule has 0 spiro atoms. The molecule has 5 rings (SSSR count). The summed E-state index contributed by atoms with van der Waals surface area (Å²) in [6.45, 7) is 5.06. The van der Waals surface area contributed by atoms with Crippen LogP contribution >= 0.6 is 0 Å². The fraction of sp³-hybridized carbons (Fsp3) is 0.385. The first-order chi connectivity index (χ1) is 17.1. The van der Waals surface area contributed by atoms with Gasteiger partial charge in [0, 0.05) is 43.7 Å². The fourth-order valence-corrected chi connectivity index (χ4v) is 4.79. The molecule has 2 aromatic carbocycles. The first-order valence-electron chi connectivity index (χ1n) is 11.8. The average molecular weight is 479 g/mol. The lowest BCUT2D eigenvalue weighted by molar-refractivity contribution is 0.0369. The van der Waals surface area contributed by atoms with Crippen molar-refractivity contribution in [1.29, 1.82) is 5.41 Å². The number of benzene rings is 2. The second-order valence-electron chi connectivity index (χ2n) is 8.68. The maximum Gasteiger partial charge on any atom is 0.228 e. The number of aromatic nitrogens is 2. The van der Waals surface area contributed by atoms with Crippen LogP contribution in [0.5, 0.6) is 28.9 Å². The van der Waals surface area contributed by atoms with Crippen LogP contribution in [0.1, 0.15) is 29.0 Å². The zero-order valence-electron chi connectivity index (χ0n) is 20.0. The molecule has 9 heteroatoms. The zero-order chi connectivity index (χ0) is 24.4. The van der Waals surface area contributed by atoms with E-state index in [1.54, 1.807) is 32.7 Å². The first kappa shape index (κ1) is 23.2. The summed E-state index contributed by atoms with van der Waals surface area (Å²) in [5.74, 6) is 1.92. The minimum atomic E-state index is -0.319. The number of ether oxygens (including phenoxy) is 4. The van der Waals surface area contributed by atoms with Gasteiger partial charge in [0.15, 0.2) is 11.5 Å². The van der Waals surface area contributed by atoms with E-state index in [-0.39, 0.29) is 11.7 Å². The van der Waals surface area contributed by atoms with Gasteiger partial charge in [0.1, 0.15) is 23.3 Å². The van der Waals surface area contributed by atoms with Gasteiger partial charge in [-0.15, -0.1) is 0 Å². The molecule has 1 saturated heterocycles. The van der Waals surface area contributed by atoms with Crippen LogP contribution in [0.15, 0.2) is 42.7 Å². The molecule has 1 unspecified atom stereocenters. The van der Waals surface area contributed by atoms with Crippen molar-refractivity contribution < 1.29 is 24.1 Å². The van der Waals surface area contributed by atoms with Crippen LogP contribution in [0, 0.1) is 5.41 Å². The second kappa shape index (κ2) is 9.97. The van der Waals surface area contributed by atoms with Crippen molar-refractivity contribution in [2.24, 2.45) is 0 Å². The normalized spacial score (nSPS) is 17.3. The van der Waals surface area contributed by atoms with E-state index in [4.69, 9.17) is 24.4 Å². The maximum absolute atomic E-state index is 10.1. The summed E-state index contributed by atoms with van der Waals surface area (Å²) < 4.78 is 24.3. The average Bonchev–Trinajstić information content (AvgIpc) is 2.89. The van der Waals surface area contributed by atoms with Crippen LogP contribution in [-0.4, -0.2) is 66.6 Å². The first-order valence-corrected chi connectivity index (χ1v) is 11.8. The second-order valence-corrected chi connectivity index (χ2v) is 8.68. The van der Waals surface area contributed by atoms with Crippen LogP contribution < -0.4 is 19.7 Å². The summed E-state index contributed by atoms with van der Waals surface area (Å²) in [6.07, 6.45) is 2.57. The van der Waals surface area contributed by atoms with Crippen molar-refractivity contribution in [3.05, 3.63) is 64.9 Å². The minimum absolute atomic E-state index is 0.110. The van der Waals surface area contributed by atoms with Crippen molar-refractivity contribution in [1.82, 2.24) is 14.5 Å². The molecule has 2 N–H and O–H groups in total. The van der Waals surface area contributed by atoms with E-state index < -0.39 is 0 Å². The van der Waals surface area contributed by atoms with Crippen LogP contribution in [0.4, 0.5) is 0 Å². The smallest absolute Gasteiger partial charge is 0.228 e. The topological polar surface area (TPSA) is 102 Å². The Morgan fingerprint density at radius 2 is 1.86 bits per heavy atom. The number of rotatable bonds is 7. The predicted molar refractivity (Wildman–Crippen MR) is 129 cm³/mol. The van der Waals surface area contributed by atoms with E-state index in [2.05, 4.69) is 9.88 Å². The highest BCUT2D eigenvalue weighted by atomic mass is 16.5. The van der Waals surface area contributed by atoms with Crippen LogP contribution in [0.3, 0.4) is 0 Å². The third kappa shape index (κ3) is 4.56. The Labute approximate surface area is 204 Å². The summed E-state index contributed by atoms with van der Waals surface area (Å²) >= 11 is 0. The predicted octanol–water partition coefficient (Wildman–Crippen LogP) is 3.09. The van der Waals surface area contributed by atoms with Gasteiger partial charge in [-0.2, -0.15) is 0 Å². The van der Waals surface area contributed by atoms with Crippen molar-refractivity contribution in [3.8, 4) is 28.9 Å². The van der Waals surface area contributed by atoms with Crippen molar-refractivity contribution in [2.75, 3.05) is 47.1 Å². The van der Waals surface area contributed by atoms with Gasteiger partial charge in [0.25, 0.3) is 0 Å². The number of fused-ring (bicyclic) bond motifs is 2. The van der Waals surface area contributed by atoms with Gasteiger partial charge >= 0.3 is 0 Å². The summed E-state index contributed by atoms with van der Waals surface area (Å²) in [5.41, 5.74) is 2.81. The molecule has 9 nitrogen and oxygen atoms in total. The van der Waals surface area contributed by atoms with Crippen molar-refractivity contribution >= 4 is 0 Å². The lowest BCUT2D eigenvalue weighted by Gasteiger charge is -2.29. The number of aromatic hydroxyl groups is 1. The number of hydrogen-bond acceptors (Lipinski definition) is 8. The largest absolute Gasteiger partial charge is 0.508 e. The van der Waals surface area contributed by atoms with Crippen molar-refractivity contribution in [3.63, 3.8) is 0 Å². The molecule has 2 aliphatic rings. The van der Waals surface area contributed by atoms with Gasteiger partial charge in [-0.3, -0.25) is 10.3 Å². The zero-order valence-corrected chi connectivity index (χ0v) is 20.0. The summed E-state index contributed by atoms with van der Waals surface area (Å²) in [5, 5.41) is 19.1. The summed E-state index contributed by atoms with van der Waals surface area (Å²) in [6, 6.07) is 10.8. The number of aryl methyl sites for hydroxylation is 1. The molecule has 0 bridgehead atoms. The Kier molecular flexibility index (Phi) is 6.61. The lowest BCUT2D eigenvalue weighted by Crippen LogP contribution is -2.37. The van der Waals surface area contributed by atoms with Gasteiger partial charge in [0.05, 0.1) is 33.0 Å². The van der Waals surface area contributed by atoms with E-state index in [9.17, 15) is 5.11 Å². The highest BCUT2D eigenvalue weighted by molar-refractivity contribution is 5.58. The number of phenols is 1. The number of morpholine rings is 1. The number of hydrogen-bond donors (Lipinski definition) is 2. The quantitative estimate of drug-likeness (QED) is 0.421. The molecule has 0 saturated carbocycles. The molecule has 2 aliphatic heterocycles. The highest BCUT2D eigenvalue weighted by Crippen LogP contribution is 2.47. The van der Waals surface area contributed by atoms with Gasteiger partial charge in [-0.25, -0.2) is 4.98 Å². The molecule has 1 fully saturated rings. The van der Waals surface area contributed by atoms with Gasteiger partial charge in [0.2, 0.25) is 5.88 Å².